The third-order valence-corrected chi connectivity index (χ3v) is 3.96. The number of hydrogen-bond acceptors (Lipinski definition) is 3. The molecule has 0 radical (unpaired) electrons. The fourth-order valence-electron chi connectivity index (χ4n) is 2.56. The van der Waals surface area contributed by atoms with E-state index in [1.165, 1.54) is 25.9 Å². The summed E-state index contributed by atoms with van der Waals surface area (Å²) >= 11 is 0. The van der Waals surface area contributed by atoms with Crippen LogP contribution in [0.4, 0.5) is 0 Å². The van der Waals surface area contributed by atoms with Crippen LogP contribution in [0, 0.1) is 11.3 Å². The van der Waals surface area contributed by atoms with Crippen LogP contribution in [0.1, 0.15) is 26.7 Å². The van der Waals surface area contributed by atoms with E-state index in [4.69, 9.17) is 0 Å². The van der Waals surface area contributed by atoms with E-state index < -0.39 is 0 Å². The van der Waals surface area contributed by atoms with Crippen molar-refractivity contribution in [2.75, 3.05) is 46.8 Å². The molecule has 1 aliphatic rings. The number of rotatable bonds is 6. The molecule has 3 nitrogen and oxygen atoms in total. The summed E-state index contributed by atoms with van der Waals surface area (Å²) < 4.78 is 0. The van der Waals surface area contributed by atoms with Gasteiger partial charge in [-0.25, -0.2) is 0 Å². The molecule has 1 saturated heterocycles. The molecule has 0 spiro atoms. The average molecular weight is 227 g/mol. The molecular weight excluding hydrogens is 198 g/mol. The average Bonchev–Trinajstić information content (AvgIpc) is 2.25. The van der Waals surface area contributed by atoms with E-state index in [-0.39, 0.29) is 0 Å². The topological polar surface area (TPSA) is 27.3 Å². The van der Waals surface area contributed by atoms with Gasteiger partial charge in [-0.05, 0) is 51.4 Å². The summed E-state index contributed by atoms with van der Waals surface area (Å²) in [6, 6.07) is 0. The van der Waals surface area contributed by atoms with Gasteiger partial charge in [-0.2, -0.15) is 0 Å². The van der Waals surface area contributed by atoms with Gasteiger partial charge in [0.15, 0.2) is 0 Å². The Morgan fingerprint density at radius 1 is 1.19 bits per heavy atom. The minimum absolute atomic E-state index is 0.439. The van der Waals surface area contributed by atoms with Gasteiger partial charge in [-0.15, -0.1) is 0 Å². The summed E-state index contributed by atoms with van der Waals surface area (Å²) in [6.07, 6.45) is 2.72. The lowest BCUT2D eigenvalue weighted by Crippen LogP contribution is -2.42. The van der Waals surface area contributed by atoms with E-state index in [2.05, 4.69) is 36.4 Å². The lowest BCUT2D eigenvalue weighted by molar-refractivity contribution is 0.113. The van der Waals surface area contributed by atoms with Crippen LogP contribution in [0.5, 0.6) is 0 Å². The Kier molecular flexibility index (Phi) is 5.73. The number of nitrogens with one attached hydrogen (secondary N) is 2. The molecule has 3 heteroatoms. The molecule has 2 N–H and O–H groups in total. The second-order valence-corrected chi connectivity index (χ2v) is 5.85. The first-order valence-electron chi connectivity index (χ1n) is 6.60. The zero-order valence-electron chi connectivity index (χ0n) is 11.5. The Morgan fingerprint density at radius 2 is 1.81 bits per heavy atom. The molecule has 16 heavy (non-hydrogen) atoms. The SMILES string of the molecule is CNCCNCC(C)(C)C1CCN(C)CC1. The summed E-state index contributed by atoms with van der Waals surface area (Å²) in [6.45, 7) is 10.6. The molecule has 0 amide bonds. The molecule has 1 aliphatic heterocycles. The van der Waals surface area contributed by atoms with Gasteiger partial charge in [0.25, 0.3) is 0 Å². The van der Waals surface area contributed by atoms with Gasteiger partial charge in [0.1, 0.15) is 0 Å². The van der Waals surface area contributed by atoms with Gasteiger partial charge in [0.05, 0.1) is 0 Å². The van der Waals surface area contributed by atoms with Gasteiger partial charge in [-0.1, -0.05) is 13.8 Å². The Bertz CT molecular complexity index is 184. The number of likely N-dealkylation sites (tertiary alicyclic amines) is 1. The predicted molar refractivity (Wildman–Crippen MR) is 70.8 cm³/mol. The third kappa shape index (κ3) is 4.40. The highest BCUT2D eigenvalue weighted by molar-refractivity contribution is 4.84. The highest BCUT2D eigenvalue weighted by atomic mass is 15.1. The maximum atomic E-state index is 3.56. The van der Waals surface area contributed by atoms with E-state index in [0.29, 0.717) is 5.41 Å². The van der Waals surface area contributed by atoms with Crippen LogP contribution in [0.25, 0.3) is 0 Å². The molecular formula is C13H29N3. The van der Waals surface area contributed by atoms with E-state index in [9.17, 15) is 0 Å². The quantitative estimate of drug-likeness (QED) is 0.667. The molecule has 0 saturated carbocycles. The van der Waals surface area contributed by atoms with Crippen molar-refractivity contribution in [1.29, 1.82) is 0 Å². The van der Waals surface area contributed by atoms with Gasteiger partial charge in [0, 0.05) is 19.6 Å². The molecule has 0 aliphatic carbocycles. The van der Waals surface area contributed by atoms with Crippen LogP contribution in [0.15, 0.2) is 0 Å². The molecule has 0 atom stereocenters. The largest absolute Gasteiger partial charge is 0.318 e. The first kappa shape index (κ1) is 13.9. The molecule has 0 unspecified atom stereocenters. The first-order valence-corrected chi connectivity index (χ1v) is 6.60. The van der Waals surface area contributed by atoms with Crippen molar-refractivity contribution in [3.63, 3.8) is 0 Å². The van der Waals surface area contributed by atoms with Crippen LogP contribution >= 0.6 is 0 Å². The van der Waals surface area contributed by atoms with Crippen molar-refractivity contribution in [2.45, 2.75) is 26.7 Å². The smallest absolute Gasteiger partial charge is 0.00768 e. The highest BCUT2D eigenvalue weighted by Gasteiger charge is 2.31. The Morgan fingerprint density at radius 3 is 2.38 bits per heavy atom. The standard InChI is InChI=1S/C13H29N3/c1-13(2,11-15-8-7-14-3)12-5-9-16(4)10-6-12/h12,14-15H,5-11H2,1-4H3. The zero-order valence-corrected chi connectivity index (χ0v) is 11.5. The summed E-state index contributed by atoms with van der Waals surface area (Å²) in [5, 5.41) is 6.73. The molecule has 0 bridgehead atoms. The first-order chi connectivity index (χ1) is 7.56. The summed E-state index contributed by atoms with van der Waals surface area (Å²) in [7, 11) is 4.23. The normalized spacial score (nSPS) is 20.2. The number of hydrogen-bond donors (Lipinski definition) is 2. The number of nitrogens with zero attached hydrogens (tertiary/aromatic N) is 1. The molecule has 1 heterocycles. The molecule has 1 rings (SSSR count). The second kappa shape index (κ2) is 6.58. The van der Waals surface area contributed by atoms with Gasteiger partial charge in [0.2, 0.25) is 0 Å². The van der Waals surface area contributed by atoms with Gasteiger partial charge >= 0.3 is 0 Å². The summed E-state index contributed by atoms with van der Waals surface area (Å²) in [5.74, 6) is 0.880. The number of likely N-dealkylation sites (N-methyl/N-ethyl adjacent to an activating group) is 1. The molecule has 1 fully saturated rings. The van der Waals surface area contributed by atoms with Crippen molar-refractivity contribution >= 4 is 0 Å². The summed E-state index contributed by atoms with van der Waals surface area (Å²) in [4.78, 5) is 2.45. The Labute approximate surface area is 101 Å². The van der Waals surface area contributed by atoms with Crippen LogP contribution in [0.3, 0.4) is 0 Å². The number of piperidine rings is 1. The maximum Gasteiger partial charge on any atom is 0.00768 e. The van der Waals surface area contributed by atoms with Gasteiger partial charge < -0.3 is 15.5 Å². The van der Waals surface area contributed by atoms with Crippen molar-refractivity contribution in [1.82, 2.24) is 15.5 Å². The lowest BCUT2D eigenvalue weighted by atomic mass is 9.73. The minimum atomic E-state index is 0.439. The lowest BCUT2D eigenvalue weighted by Gasteiger charge is -2.40. The van der Waals surface area contributed by atoms with Crippen molar-refractivity contribution in [3.05, 3.63) is 0 Å². The Balaban J connectivity index is 2.26. The van der Waals surface area contributed by atoms with Crippen LogP contribution < -0.4 is 10.6 Å². The van der Waals surface area contributed by atoms with Crippen molar-refractivity contribution in [3.8, 4) is 0 Å². The van der Waals surface area contributed by atoms with E-state index in [1.54, 1.807) is 0 Å². The minimum Gasteiger partial charge on any atom is -0.318 e. The van der Waals surface area contributed by atoms with E-state index in [1.807, 2.05) is 7.05 Å². The van der Waals surface area contributed by atoms with Crippen molar-refractivity contribution < 1.29 is 0 Å². The van der Waals surface area contributed by atoms with Crippen LogP contribution in [-0.2, 0) is 0 Å². The van der Waals surface area contributed by atoms with E-state index >= 15 is 0 Å². The maximum absolute atomic E-state index is 3.56. The van der Waals surface area contributed by atoms with Crippen LogP contribution in [-0.4, -0.2) is 51.7 Å². The van der Waals surface area contributed by atoms with Gasteiger partial charge in [-0.3, -0.25) is 0 Å². The summed E-state index contributed by atoms with van der Waals surface area (Å²) in [5.41, 5.74) is 0.439. The highest BCUT2D eigenvalue weighted by Crippen LogP contribution is 2.33. The zero-order chi connectivity index (χ0) is 12.0. The van der Waals surface area contributed by atoms with E-state index in [0.717, 1.165) is 25.6 Å². The second-order valence-electron chi connectivity index (χ2n) is 5.85. The van der Waals surface area contributed by atoms with Crippen LogP contribution in [0.2, 0.25) is 0 Å². The third-order valence-electron chi connectivity index (χ3n) is 3.96. The molecule has 96 valence electrons. The predicted octanol–water partition coefficient (Wildman–Crippen LogP) is 1.16. The fourth-order valence-corrected chi connectivity index (χ4v) is 2.56. The monoisotopic (exact) mass is 227 g/mol. The Hall–Kier alpha value is -0.120. The molecule has 0 aromatic carbocycles. The molecule has 0 aromatic rings. The van der Waals surface area contributed by atoms with Crippen molar-refractivity contribution in [2.24, 2.45) is 11.3 Å². The fraction of sp³-hybridized carbons (Fsp3) is 1.00. The molecule has 0 aromatic heterocycles.